The molecule has 0 fully saturated rings. The zero-order valence-electron chi connectivity index (χ0n) is 13.6. The fourth-order valence-corrected chi connectivity index (χ4v) is 3.11. The highest BCUT2D eigenvalue weighted by atomic mass is 32.1. The Morgan fingerprint density at radius 2 is 2.04 bits per heavy atom. The summed E-state index contributed by atoms with van der Waals surface area (Å²) >= 11 is 1.46. The van der Waals surface area contributed by atoms with Crippen LogP contribution in [0.3, 0.4) is 0 Å². The first-order chi connectivity index (χ1) is 12.5. The number of anilines is 1. The van der Waals surface area contributed by atoms with Crippen LogP contribution in [0.2, 0.25) is 0 Å². The van der Waals surface area contributed by atoms with Gasteiger partial charge >= 0.3 is 6.61 Å². The van der Waals surface area contributed by atoms with E-state index in [1.807, 2.05) is 24.3 Å². The number of alkyl halides is 2. The van der Waals surface area contributed by atoms with Crippen LogP contribution < -0.4 is 14.8 Å². The molecule has 0 spiro atoms. The first-order valence-corrected chi connectivity index (χ1v) is 8.34. The van der Waals surface area contributed by atoms with E-state index in [4.69, 9.17) is 4.74 Å². The summed E-state index contributed by atoms with van der Waals surface area (Å²) in [4.78, 5) is 16.4. The molecule has 3 rings (SSSR count). The van der Waals surface area contributed by atoms with Crippen LogP contribution in [0.25, 0.3) is 16.3 Å². The van der Waals surface area contributed by atoms with E-state index in [1.165, 1.54) is 42.7 Å². The van der Waals surface area contributed by atoms with Gasteiger partial charge in [0.05, 0.1) is 17.3 Å². The highest BCUT2D eigenvalue weighted by molar-refractivity contribution is 7.19. The van der Waals surface area contributed by atoms with Gasteiger partial charge in [-0.3, -0.25) is 4.79 Å². The van der Waals surface area contributed by atoms with Crippen LogP contribution in [0.4, 0.5) is 14.5 Å². The summed E-state index contributed by atoms with van der Waals surface area (Å²) < 4.78 is 35.2. The Bertz CT molecular complexity index is 924. The minimum atomic E-state index is -2.99. The molecule has 3 aromatic rings. The molecule has 1 heterocycles. The largest absolute Gasteiger partial charge is 0.493 e. The van der Waals surface area contributed by atoms with Crippen molar-refractivity contribution in [2.45, 2.75) is 6.61 Å². The number of methoxy groups -OCH3 is 1. The van der Waals surface area contributed by atoms with E-state index in [-0.39, 0.29) is 11.5 Å². The summed E-state index contributed by atoms with van der Waals surface area (Å²) in [6.07, 6.45) is 2.93. The van der Waals surface area contributed by atoms with E-state index >= 15 is 0 Å². The van der Waals surface area contributed by atoms with Crippen LogP contribution in [0, 0.1) is 0 Å². The molecule has 0 saturated heterocycles. The fraction of sp³-hybridized carbons (Fsp3) is 0.111. The van der Waals surface area contributed by atoms with Crippen molar-refractivity contribution in [3.63, 3.8) is 0 Å². The smallest absolute Gasteiger partial charge is 0.387 e. The van der Waals surface area contributed by atoms with Crippen molar-refractivity contribution >= 4 is 39.2 Å². The average Bonchev–Trinajstić information content (AvgIpc) is 3.03. The zero-order chi connectivity index (χ0) is 18.5. The minimum absolute atomic E-state index is 0.147. The predicted molar refractivity (Wildman–Crippen MR) is 96.9 cm³/mol. The Balaban J connectivity index is 1.71. The maximum atomic E-state index is 12.4. The number of thiazole rings is 1. The van der Waals surface area contributed by atoms with Crippen molar-refractivity contribution in [3.05, 3.63) is 53.5 Å². The Kier molecular flexibility index (Phi) is 5.43. The topological polar surface area (TPSA) is 60.5 Å². The maximum absolute atomic E-state index is 12.4. The summed E-state index contributed by atoms with van der Waals surface area (Å²) in [5.74, 6) is -0.429. The van der Waals surface area contributed by atoms with Crippen LogP contribution in [0.5, 0.6) is 11.5 Å². The highest BCUT2D eigenvalue weighted by Gasteiger charge is 2.12. The van der Waals surface area contributed by atoms with E-state index in [0.717, 1.165) is 10.2 Å². The number of nitrogens with one attached hydrogen (secondary N) is 1. The van der Waals surface area contributed by atoms with Gasteiger partial charge in [0, 0.05) is 17.8 Å². The number of carbonyl (C=O) groups excluding carboxylic acids is 1. The van der Waals surface area contributed by atoms with Crippen LogP contribution >= 0.6 is 11.3 Å². The molecule has 5 nitrogen and oxygen atoms in total. The molecule has 1 amide bonds. The number of para-hydroxylation sites is 1. The van der Waals surface area contributed by atoms with Gasteiger partial charge in [-0.2, -0.15) is 8.78 Å². The van der Waals surface area contributed by atoms with Crippen LogP contribution in [-0.4, -0.2) is 24.6 Å². The summed E-state index contributed by atoms with van der Waals surface area (Å²) in [6, 6.07) is 11.9. The van der Waals surface area contributed by atoms with Gasteiger partial charge in [0.15, 0.2) is 11.5 Å². The van der Waals surface area contributed by atoms with E-state index in [1.54, 1.807) is 6.08 Å². The molecule has 0 aliphatic rings. The molecule has 1 aromatic heterocycles. The molecule has 0 saturated carbocycles. The van der Waals surface area contributed by atoms with Gasteiger partial charge in [-0.15, -0.1) is 11.3 Å². The molecule has 134 valence electrons. The summed E-state index contributed by atoms with van der Waals surface area (Å²) in [6.45, 7) is -2.99. The SMILES string of the molecule is COc1ccc(NC(=O)/C=C/c2nc3ccccc3s2)cc1OC(F)F. The normalized spacial score (nSPS) is 11.2. The number of nitrogens with zero attached hydrogens (tertiary/aromatic N) is 1. The summed E-state index contributed by atoms with van der Waals surface area (Å²) in [5, 5.41) is 3.27. The third-order valence-electron chi connectivity index (χ3n) is 3.33. The second-order valence-corrected chi connectivity index (χ2v) is 6.15. The Morgan fingerprint density at radius 1 is 1.23 bits per heavy atom. The van der Waals surface area contributed by atoms with Crippen LogP contribution in [-0.2, 0) is 4.79 Å². The Morgan fingerprint density at radius 3 is 2.77 bits per heavy atom. The van der Waals surface area contributed by atoms with Crippen molar-refractivity contribution in [2.75, 3.05) is 12.4 Å². The van der Waals surface area contributed by atoms with Gasteiger partial charge < -0.3 is 14.8 Å². The lowest BCUT2D eigenvalue weighted by molar-refractivity contribution is -0.111. The number of ether oxygens (including phenoxy) is 2. The number of aromatic nitrogens is 1. The zero-order valence-corrected chi connectivity index (χ0v) is 14.4. The van der Waals surface area contributed by atoms with E-state index in [0.29, 0.717) is 10.7 Å². The van der Waals surface area contributed by atoms with Gasteiger partial charge in [0.25, 0.3) is 0 Å². The van der Waals surface area contributed by atoms with Gasteiger partial charge in [-0.25, -0.2) is 4.98 Å². The highest BCUT2D eigenvalue weighted by Crippen LogP contribution is 2.31. The Hall–Kier alpha value is -3.00. The first-order valence-electron chi connectivity index (χ1n) is 7.52. The number of amides is 1. The van der Waals surface area contributed by atoms with Gasteiger partial charge in [0.2, 0.25) is 5.91 Å². The molecule has 8 heteroatoms. The molecule has 0 atom stereocenters. The lowest BCUT2D eigenvalue weighted by Crippen LogP contribution is -2.09. The second kappa shape index (κ2) is 7.92. The standard InChI is InChI=1S/C18H14F2N2O3S/c1-24-13-7-6-11(10-14(13)25-18(19)20)21-16(23)8-9-17-22-12-4-2-3-5-15(12)26-17/h2-10,18H,1H3,(H,21,23)/b9-8+. The van der Waals surface area contributed by atoms with Gasteiger partial charge in [-0.1, -0.05) is 12.1 Å². The van der Waals surface area contributed by atoms with E-state index < -0.39 is 12.5 Å². The monoisotopic (exact) mass is 376 g/mol. The average molecular weight is 376 g/mol. The van der Waals surface area contributed by atoms with Crippen molar-refractivity contribution in [2.24, 2.45) is 0 Å². The van der Waals surface area contributed by atoms with Crippen molar-refractivity contribution < 1.29 is 23.0 Å². The minimum Gasteiger partial charge on any atom is -0.493 e. The van der Waals surface area contributed by atoms with Crippen molar-refractivity contribution in [1.29, 1.82) is 0 Å². The Labute approximate surface area is 151 Å². The molecule has 1 N–H and O–H groups in total. The third kappa shape index (κ3) is 4.34. The lowest BCUT2D eigenvalue weighted by atomic mass is 10.2. The second-order valence-electron chi connectivity index (χ2n) is 5.09. The molecule has 0 bridgehead atoms. The van der Waals surface area contributed by atoms with E-state index in [2.05, 4.69) is 15.0 Å². The molecular formula is C18H14F2N2O3S. The summed E-state index contributed by atoms with van der Waals surface area (Å²) in [5.41, 5.74) is 1.17. The number of hydrogen-bond acceptors (Lipinski definition) is 5. The van der Waals surface area contributed by atoms with E-state index in [9.17, 15) is 13.6 Å². The molecule has 2 aromatic carbocycles. The van der Waals surface area contributed by atoms with Gasteiger partial charge in [0.1, 0.15) is 5.01 Å². The first kappa shape index (κ1) is 17.8. The molecular weight excluding hydrogens is 362 g/mol. The molecule has 0 aliphatic heterocycles. The van der Waals surface area contributed by atoms with Crippen molar-refractivity contribution in [3.8, 4) is 11.5 Å². The number of hydrogen-bond donors (Lipinski definition) is 1. The van der Waals surface area contributed by atoms with Crippen molar-refractivity contribution in [1.82, 2.24) is 4.98 Å². The number of halogens is 2. The quantitative estimate of drug-likeness (QED) is 0.641. The van der Waals surface area contributed by atoms with Gasteiger partial charge in [-0.05, 0) is 30.3 Å². The van der Waals surface area contributed by atoms with Crippen LogP contribution in [0.15, 0.2) is 48.5 Å². The molecule has 0 aliphatic carbocycles. The van der Waals surface area contributed by atoms with Crippen LogP contribution in [0.1, 0.15) is 5.01 Å². The number of fused-ring (bicyclic) bond motifs is 1. The molecule has 26 heavy (non-hydrogen) atoms. The summed E-state index contributed by atoms with van der Waals surface area (Å²) in [7, 11) is 1.34. The predicted octanol–water partition coefficient (Wildman–Crippen LogP) is 4.56. The molecule has 0 unspecified atom stereocenters. The number of carbonyl (C=O) groups is 1. The fourth-order valence-electron chi connectivity index (χ4n) is 2.23. The number of benzene rings is 2. The number of rotatable bonds is 6. The molecule has 0 radical (unpaired) electrons. The third-order valence-corrected chi connectivity index (χ3v) is 4.34. The lowest BCUT2D eigenvalue weighted by Gasteiger charge is -2.11. The maximum Gasteiger partial charge on any atom is 0.387 e.